The molecule has 1 heterocycles. The SMILES string of the molecule is CCCC1CCCN(CCCC(O)(CC)CN)CC1. The van der Waals surface area contributed by atoms with E-state index in [9.17, 15) is 5.11 Å². The van der Waals surface area contributed by atoms with E-state index in [1.165, 1.54) is 45.2 Å². The smallest absolute Gasteiger partial charge is 0.0767 e. The van der Waals surface area contributed by atoms with E-state index in [-0.39, 0.29) is 0 Å². The minimum atomic E-state index is -0.628. The molecule has 0 radical (unpaired) electrons. The van der Waals surface area contributed by atoms with Gasteiger partial charge in [-0.15, -0.1) is 0 Å². The zero-order valence-corrected chi connectivity index (χ0v) is 13.0. The maximum Gasteiger partial charge on any atom is 0.0767 e. The van der Waals surface area contributed by atoms with Gasteiger partial charge in [0.1, 0.15) is 0 Å². The maximum absolute atomic E-state index is 10.2. The van der Waals surface area contributed by atoms with Gasteiger partial charge in [-0.3, -0.25) is 0 Å². The number of nitrogens with zero attached hydrogens (tertiary/aromatic N) is 1. The fourth-order valence-electron chi connectivity index (χ4n) is 3.20. The summed E-state index contributed by atoms with van der Waals surface area (Å²) >= 11 is 0. The molecule has 0 bridgehead atoms. The molecule has 0 aromatic rings. The molecule has 0 saturated carbocycles. The maximum atomic E-state index is 10.2. The van der Waals surface area contributed by atoms with Gasteiger partial charge >= 0.3 is 0 Å². The van der Waals surface area contributed by atoms with Crippen molar-refractivity contribution in [2.75, 3.05) is 26.2 Å². The summed E-state index contributed by atoms with van der Waals surface area (Å²) in [5, 5.41) is 10.2. The predicted octanol–water partition coefficient (Wildman–Crippen LogP) is 2.77. The van der Waals surface area contributed by atoms with E-state index in [2.05, 4.69) is 11.8 Å². The monoisotopic (exact) mass is 270 g/mol. The highest BCUT2D eigenvalue weighted by molar-refractivity contribution is 4.78. The van der Waals surface area contributed by atoms with E-state index in [0.717, 1.165) is 31.7 Å². The molecule has 0 aromatic heterocycles. The Bertz CT molecular complexity index is 229. The van der Waals surface area contributed by atoms with Crippen LogP contribution in [-0.4, -0.2) is 41.8 Å². The van der Waals surface area contributed by atoms with Gasteiger partial charge in [0.25, 0.3) is 0 Å². The number of aliphatic hydroxyl groups is 1. The molecule has 2 unspecified atom stereocenters. The largest absolute Gasteiger partial charge is 0.389 e. The van der Waals surface area contributed by atoms with Crippen LogP contribution in [0.2, 0.25) is 0 Å². The van der Waals surface area contributed by atoms with Crippen LogP contribution in [0.15, 0.2) is 0 Å². The highest BCUT2D eigenvalue weighted by atomic mass is 16.3. The fraction of sp³-hybridized carbons (Fsp3) is 1.00. The molecule has 0 amide bonds. The molecule has 1 rings (SSSR count). The molecule has 114 valence electrons. The van der Waals surface area contributed by atoms with Crippen LogP contribution in [0, 0.1) is 5.92 Å². The van der Waals surface area contributed by atoms with E-state index in [1.54, 1.807) is 0 Å². The van der Waals surface area contributed by atoms with E-state index >= 15 is 0 Å². The van der Waals surface area contributed by atoms with Gasteiger partial charge in [0.05, 0.1) is 5.60 Å². The van der Waals surface area contributed by atoms with Crippen LogP contribution in [0.5, 0.6) is 0 Å². The second kappa shape index (κ2) is 8.93. The summed E-state index contributed by atoms with van der Waals surface area (Å²) < 4.78 is 0. The molecule has 1 aliphatic heterocycles. The number of hydrogen-bond acceptors (Lipinski definition) is 3. The summed E-state index contributed by atoms with van der Waals surface area (Å²) in [5.41, 5.74) is 5.02. The Balaban J connectivity index is 2.23. The number of likely N-dealkylation sites (tertiary alicyclic amines) is 1. The van der Waals surface area contributed by atoms with Gasteiger partial charge in [-0.25, -0.2) is 0 Å². The van der Waals surface area contributed by atoms with Gasteiger partial charge in [0.15, 0.2) is 0 Å². The average Bonchev–Trinajstić information content (AvgIpc) is 2.65. The third-order valence-corrected chi connectivity index (χ3v) is 4.79. The first-order chi connectivity index (χ1) is 9.13. The third kappa shape index (κ3) is 6.24. The van der Waals surface area contributed by atoms with Gasteiger partial charge < -0.3 is 15.7 Å². The number of hydrogen-bond donors (Lipinski definition) is 2. The molecule has 1 fully saturated rings. The Labute approximate surface area is 119 Å². The second-order valence-electron chi connectivity index (χ2n) is 6.31. The Morgan fingerprint density at radius 2 is 2.05 bits per heavy atom. The summed E-state index contributed by atoms with van der Waals surface area (Å²) in [6.07, 6.45) is 9.52. The van der Waals surface area contributed by atoms with E-state index in [0.29, 0.717) is 6.54 Å². The quantitative estimate of drug-likeness (QED) is 0.713. The molecule has 1 saturated heterocycles. The Kier molecular flexibility index (Phi) is 7.96. The van der Waals surface area contributed by atoms with E-state index in [1.807, 2.05) is 6.92 Å². The summed E-state index contributed by atoms with van der Waals surface area (Å²) in [6, 6.07) is 0. The highest BCUT2D eigenvalue weighted by Gasteiger charge is 2.23. The lowest BCUT2D eigenvalue weighted by molar-refractivity contribution is 0.0317. The van der Waals surface area contributed by atoms with E-state index in [4.69, 9.17) is 5.73 Å². The molecule has 19 heavy (non-hydrogen) atoms. The lowest BCUT2D eigenvalue weighted by Gasteiger charge is -2.27. The molecule has 2 atom stereocenters. The van der Waals surface area contributed by atoms with Crippen LogP contribution in [-0.2, 0) is 0 Å². The Morgan fingerprint density at radius 1 is 1.26 bits per heavy atom. The van der Waals surface area contributed by atoms with Crippen LogP contribution < -0.4 is 5.73 Å². The normalized spacial score (nSPS) is 24.9. The van der Waals surface area contributed by atoms with Crippen molar-refractivity contribution in [3.63, 3.8) is 0 Å². The molecule has 0 spiro atoms. The minimum Gasteiger partial charge on any atom is -0.389 e. The van der Waals surface area contributed by atoms with Gasteiger partial charge in [-0.2, -0.15) is 0 Å². The molecule has 1 aliphatic rings. The van der Waals surface area contributed by atoms with E-state index < -0.39 is 5.60 Å². The molecule has 3 nitrogen and oxygen atoms in total. The summed E-state index contributed by atoms with van der Waals surface area (Å²) in [6.45, 7) is 8.32. The lowest BCUT2D eigenvalue weighted by Crippen LogP contribution is -2.38. The molecule has 0 aliphatic carbocycles. The topological polar surface area (TPSA) is 49.5 Å². The van der Waals surface area contributed by atoms with Crippen molar-refractivity contribution in [3.05, 3.63) is 0 Å². The lowest BCUT2D eigenvalue weighted by atomic mass is 9.95. The van der Waals surface area contributed by atoms with Gasteiger partial charge in [0, 0.05) is 6.54 Å². The van der Waals surface area contributed by atoms with Crippen LogP contribution in [0.1, 0.15) is 65.2 Å². The van der Waals surface area contributed by atoms with Crippen molar-refractivity contribution in [1.29, 1.82) is 0 Å². The second-order valence-corrected chi connectivity index (χ2v) is 6.31. The van der Waals surface area contributed by atoms with Crippen molar-refractivity contribution in [2.45, 2.75) is 70.8 Å². The minimum absolute atomic E-state index is 0.391. The van der Waals surface area contributed by atoms with Crippen molar-refractivity contribution < 1.29 is 5.11 Å². The highest BCUT2D eigenvalue weighted by Crippen LogP contribution is 2.22. The first kappa shape index (κ1) is 16.9. The molecule has 3 N–H and O–H groups in total. The van der Waals surface area contributed by atoms with Crippen molar-refractivity contribution in [2.24, 2.45) is 11.7 Å². The standard InChI is InChI=1S/C16H34N2O/c1-3-7-15-8-5-11-18(13-9-15)12-6-10-16(19,4-2)14-17/h15,19H,3-14,17H2,1-2H3. The van der Waals surface area contributed by atoms with Crippen LogP contribution >= 0.6 is 0 Å². The van der Waals surface area contributed by atoms with Crippen LogP contribution in [0.3, 0.4) is 0 Å². The first-order valence-corrected chi connectivity index (χ1v) is 8.28. The molecule has 0 aromatic carbocycles. The molecule has 3 heteroatoms. The molecular weight excluding hydrogens is 236 g/mol. The fourth-order valence-corrected chi connectivity index (χ4v) is 3.20. The summed E-state index contributed by atoms with van der Waals surface area (Å²) in [5.74, 6) is 0.951. The van der Waals surface area contributed by atoms with Gasteiger partial charge in [-0.05, 0) is 64.1 Å². The van der Waals surface area contributed by atoms with Crippen molar-refractivity contribution >= 4 is 0 Å². The average molecular weight is 270 g/mol. The number of rotatable bonds is 8. The van der Waals surface area contributed by atoms with Crippen LogP contribution in [0.25, 0.3) is 0 Å². The Morgan fingerprint density at radius 3 is 2.68 bits per heavy atom. The van der Waals surface area contributed by atoms with Crippen LogP contribution in [0.4, 0.5) is 0 Å². The summed E-state index contributed by atoms with van der Waals surface area (Å²) in [7, 11) is 0. The predicted molar refractivity (Wildman–Crippen MR) is 82.2 cm³/mol. The van der Waals surface area contributed by atoms with Gasteiger partial charge in [0.2, 0.25) is 0 Å². The summed E-state index contributed by atoms with van der Waals surface area (Å²) in [4.78, 5) is 2.59. The van der Waals surface area contributed by atoms with Crippen molar-refractivity contribution in [1.82, 2.24) is 4.90 Å². The zero-order chi connectivity index (χ0) is 14.1. The zero-order valence-electron chi connectivity index (χ0n) is 13.0. The number of nitrogens with two attached hydrogens (primary N) is 1. The first-order valence-electron chi connectivity index (χ1n) is 8.28. The van der Waals surface area contributed by atoms with Crippen molar-refractivity contribution in [3.8, 4) is 0 Å². The molecular formula is C16H34N2O. The Hall–Kier alpha value is -0.120. The third-order valence-electron chi connectivity index (χ3n) is 4.79. The van der Waals surface area contributed by atoms with Gasteiger partial charge in [-0.1, -0.05) is 26.7 Å².